The summed E-state index contributed by atoms with van der Waals surface area (Å²) in [5.41, 5.74) is 1.38. The maximum atomic E-state index is 11.9. The van der Waals surface area contributed by atoms with Crippen LogP contribution in [-0.2, 0) is 11.3 Å². The van der Waals surface area contributed by atoms with E-state index in [1.807, 2.05) is 4.57 Å². The molecular formula is C18H19N5O4. The number of rotatable bonds is 8. The fourth-order valence-electron chi connectivity index (χ4n) is 2.72. The minimum Gasteiger partial charge on any atom is -0.478 e. The van der Waals surface area contributed by atoms with Gasteiger partial charge in [0.25, 0.3) is 5.56 Å². The molecule has 0 aliphatic carbocycles. The average Bonchev–Trinajstić information content (AvgIpc) is 3.06. The number of benzene rings is 1. The molecule has 1 aromatic carbocycles. The number of aryl methyl sites for hydroxylation is 1. The number of unbranched alkanes of at least 4 members (excludes halogenated alkanes) is 2. The van der Waals surface area contributed by atoms with E-state index in [2.05, 4.69) is 20.3 Å². The number of hydrogen-bond acceptors (Lipinski definition) is 5. The molecule has 0 fully saturated rings. The molecule has 3 rings (SSSR count). The zero-order valence-corrected chi connectivity index (χ0v) is 14.5. The van der Waals surface area contributed by atoms with Gasteiger partial charge in [-0.1, -0.05) is 6.42 Å². The largest absolute Gasteiger partial charge is 0.478 e. The van der Waals surface area contributed by atoms with Crippen molar-refractivity contribution in [2.24, 2.45) is 0 Å². The van der Waals surface area contributed by atoms with Crippen LogP contribution >= 0.6 is 0 Å². The Morgan fingerprint density at radius 3 is 2.63 bits per heavy atom. The first-order chi connectivity index (χ1) is 13.0. The number of aromatic amines is 1. The van der Waals surface area contributed by atoms with E-state index in [9.17, 15) is 14.4 Å². The summed E-state index contributed by atoms with van der Waals surface area (Å²) >= 11 is 0. The Hall–Kier alpha value is -3.49. The predicted octanol–water partition coefficient (Wildman–Crippen LogP) is 2.02. The number of H-pyrrole nitrogens is 1. The van der Waals surface area contributed by atoms with E-state index in [1.165, 1.54) is 18.5 Å². The van der Waals surface area contributed by atoms with E-state index in [0.29, 0.717) is 29.8 Å². The number of amides is 1. The zero-order chi connectivity index (χ0) is 19.2. The minimum absolute atomic E-state index is 0.112. The van der Waals surface area contributed by atoms with Gasteiger partial charge in [0.1, 0.15) is 0 Å². The van der Waals surface area contributed by atoms with Crippen molar-refractivity contribution in [3.05, 3.63) is 52.8 Å². The quantitative estimate of drug-likeness (QED) is 0.521. The van der Waals surface area contributed by atoms with E-state index in [4.69, 9.17) is 5.11 Å². The van der Waals surface area contributed by atoms with Crippen molar-refractivity contribution in [2.75, 3.05) is 5.32 Å². The van der Waals surface area contributed by atoms with Gasteiger partial charge in [-0.15, -0.1) is 0 Å². The topological polar surface area (TPSA) is 130 Å². The summed E-state index contributed by atoms with van der Waals surface area (Å²) in [6, 6.07) is 6.04. The Kier molecular flexibility index (Phi) is 5.60. The lowest BCUT2D eigenvalue weighted by atomic mass is 10.1. The molecule has 0 bridgehead atoms. The number of carboxylic acids is 1. The molecule has 0 unspecified atom stereocenters. The van der Waals surface area contributed by atoms with Crippen molar-refractivity contribution < 1.29 is 14.7 Å². The number of imidazole rings is 1. The summed E-state index contributed by atoms with van der Waals surface area (Å²) in [6.45, 7) is 0.672. The summed E-state index contributed by atoms with van der Waals surface area (Å²) in [5.74, 6) is -1.11. The van der Waals surface area contributed by atoms with Gasteiger partial charge >= 0.3 is 5.97 Å². The van der Waals surface area contributed by atoms with Crippen molar-refractivity contribution in [3.63, 3.8) is 0 Å². The van der Waals surface area contributed by atoms with E-state index in [1.54, 1.807) is 18.5 Å². The van der Waals surface area contributed by atoms with Crippen LogP contribution in [0.2, 0.25) is 0 Å². The molecule has 2 heterocycles. The highest BCUT2D eigenvalue weighted by atomic mass is 16.4. The number of nitrogens with zero attached hydrogens (tertiary/aromatic N) is 3. The fraction of sp³-hybridized carbons (Fsp3) is 0.278. The highest BCUT2D eigenvalue weighted by Crippen LogP contribution is 2.12. The van der Waals surface area contributed by atoms with Crippen LogP contribution in [0.15, 0.2) is 41.7 Å². The maximum Gasteiger partial charge on any atom is 0.335 e. The highest BCUT2D eigenvalue weighted by molar-refractivity contribution is 5.92. The van der Waals surface area contributed by atoms with Gasteiger partial charge in [-0.3, -0.25) is 9.59 Å². The van der Waals surface area contributed by atoms with E-state index in [-0.39, 0.29) is 17.0 Å². The van der Waals surface area contributed by atoms with E-state index < -0.39 is 5.97 Å². The molecule has 0 spiro atoms. The highest BCUT2D eigenvalue weighted by Gasteiger charge is 2.07. The van der Waals surface area contributed by atoms with Gasteiger partial charge in [0.05, 0.1) is 18.2 Å². The molecule has 3 aromatic rings. The van der Waals surface area contributed by atoms with Crippen LogP contribution in [0.25, 0.3) is 11.2 Å². The normalized spacial score (nSPS) is 10.8. The van der Waals surface area contributed by atoms with Crippen molar-refractivity contribution in [3.8, 4) is 0 Å². The Morgan fingerprint density at radius 2 is 1.89 bits per heavy atom. The zero-order valence-electron chi connectivity index (χ0n) is 14.5. The maximum absolute atomic E-state index is 11.9. The van der Waals surface area contributed by atoms with Crippen molar-refractivity contribution in [1.82, 2.24) is 19.5 Å². The van der Waals surface area contributed by atoms with Gasteiger partial charge in [-0.2, -0.15) is 0 Å². The van der Waals surface area contributed by atoms with Crippen LogP contribution < -0.4 is 10.9 Å². The Bertz CT molecular complexity index is 1010. The molecule has 1 amide bonds. The third-order valence-corrected chi connectivity index (χ3v) is 4.13. The molecule has 0 saturated carbocycles. The van der Waals surface area contributed by atoms with Crippen molar-refractivity contribution in [2.45, 2.75) is 32.2 Å². The van der Waals surface area contributed by atoms with Gasteiger partial charge in [0, 0.05) is 18.7 Å². The summed E-state index contributed by atoms with van der Waals surface area (Å²) < 4.78 is 1.83. The number of aromatic nitrogens is 4. The van der Waals surface area contributed by atoms with Crippen molar-refractivity contribution in [1.29, 1.82) is 0 Å². The number of aromatic carboxylic acids is 1. The first-order valence-corrected chi connectivity index (χ1v) is 8.56. The lowest BCUT2D eigenvalue weighted by Crippen LogP contribution is -2.11. The number of carboxylic acid groups (broad SMARTS) is 1. The summed E-state index contributed by atoms with van der Waals surface area (Å²) in [4.78, 5) is 45.0. The van der Waals surface area contributed by atoms with Gasteiger partial charge < -0.3 is 20.0 Å². The molecule has 0 radical (unpaired) electrons. The second-order valence-electron chi connectivity index (χ2n) is 6.08. The Balaban J connectivity index is 1.40. The minimum atomic E-state index is -1.00. The monoisotopic (exact) mass is 369 g/mol. The molecule has 140 valence electrons. The SMILES string of the molecule is O=C(CCCCCn1cnc2c(=O)[nH]cnc21)Nc1ccc(C(=O)O)cc1. The number of nitrogens with one attached hydrogen (secondary N) is 2. The lowest BCUT2D eigenvalue weighted by Gasteiger charge is -2.06. The van der Waals surface area contributed by atoms with Crippen LogP contribution in [0.4, 0.5) is 5.69 Å². The number of carbonyl (C=O) groups is 2. The second-order valence-corrected chi connectivity index (χ2v) is 6.08. The predicted molar refractivity (Wildman–Crippen MR) is 98.6 cm³/mol. The number of carbonyl (C=O) groups excluding carboxylic acids is 1. The molecule has 0 aliphatic rings. The number of fused-ring (bicyclic) bond motifs is 1. The molecule has 9 nitrogen and oxygen atoms in total. The Labute approximate surface area is 154 Å². The van der Waals surface area contributed by atoms with E-state index in [0.717, 1.165) is 19.3 Å². The molecule has 0 saturated heterocycles. The van der Waals surface area contributed by atoms with E-state index >= 15 is 0 Å². The van der Waals surface area contributed by atoms with Crippen LogP contribution in [0.3, 0.4) is 0 Å². The average molecular weight is 369 g/mol. The lowest BCUT2D eigenvalue weighted by molar-refractivity contribution is -0.116. The van der Waals surface area contributed by atoms with Crippen LogP contribution in [0, 0.1) is 0 Å². The molecule has 3 N–H and O–H groups in total. The fourth-order valence-corrected chi connectivity index (χ4v) is 2.72. The van der Waals surface area contributed by atoms with Crippen molar-refractivity contribution >= 4 is 28.7 Å². The first kappa shape index (κ1) is 18.3. The van der Waals surface area contributed by atoms with Crippen LogP contribution in [0.5, 0.6) is 0 Å². The number of anilines is 1. The third-order valence-electron chi connectivity index (χ3n) is 4.13. The number of hydrogen-bond donors (Lipinski definition) is 3. The molecule has 9 heteroatoms. The van der Waals surface area contributed by atoms with Crippen LogP contribution in [0.1, 0.15) is 36.0 Å². The third kappa shape index (κ3) is 4.57. The Morgan fingerprint density at radius 1 is 1.11 bits per heavy atom. The smallest absolute Gasteiger partial charge is 0.335 e. The molecule has 0 aliphatic heterocycles. The first-order valence-electron chi connectivity index (χ1n) is 8.56. The molecule has 2 aromatic heterocycles. The second kappa shape index (κ2) is 8.26. The van der Waals surface area contributed by atoms with Gasteiger partial charge in [0.15, 0.2) is 11.2 Å². The standard InChI is InChI=1S/C18H19N5O4/c24-14(22-13-7-5-12(6-8-13)18(26)27)4-2-1-3-9-23-11-21-15-16(23)19-10-20-17(15)25/h5-8,10-11H,1-4,9H2,(H,22,24)(H,26,27)(H,19,20,25). The summed E-state index contributed by atoms with van der Waals surface area (Å²) in [6.07, 6.45) is 5.73. The summed E-state index contributed by atoms with van der Waals surface area (Å²) in [5, 5.41) is 11.6. The van der Waals surface area contributed by atoms with Gasteiger partial charge in [-0.05, 0) is 37.1 Å². The van der Waals surface area contributed by atoms with Crippen LogP contribution in [-0.4, -0.2) is 36.5 Å². The molecular weight excluding hydrogens is 350 g/mol. The van der Waals surface area contributed by atoms with Gasteiger partial charge in [-0.25, -0.2) is 14.8 Å². The molecule has 0 atom stereocenters. The van der Waals surface area contributed by atoms with Gasteiger partial charge in [0.2, 0.25) is 5.91 Å². The summed E-state index contributed by atoms with van der Waals surface area (Å²) in [7, 11) is 0. The molecule has 27 heavy (non-hydrogen) atoms.